The minimum atomic E-state index is -0.888. The highest BCUT2D eigenvalue weighted by Crippen LogP contribution is 2.23. The van der Waals surface area contributed by atoms with Crippen LogP contribution in [0.3, 0.4) is 0 Å². The van der Waals surface area contributed by atoms with Crippen LogP contribution in [-0.2, 0) is 0 Å². The number of hydrogen-bond donors (Lipinski definition) is 1. The summed E-state index contributed by atoms with van der Waals surface area (Å²) in [4.78, 5) is 11.0. The quantitative estimate of drug-likeness (QED) is 0.437. The lowest BCUT2D eigenvalue weighted by Gasteiger charge is -2.17. The predicted molar refractivity (Wildman–Crippen MR) is 95.0 cm³/mol. The predicted octanol–water partition coefficient (Wildman–Crippen LogP) is 5.84. The van der Waals surface area contributed by atoms with Gasteiger partial charge in [0.05, 0.1) is 17.8 Å². The maximum absolute atomic E-state index is 11.0. The third-order valence-electron chi connectivity index (χ3n) is 4.50. The highest BCUT2D eigenvalue weighted by atomic mass is 16.4. The molecule has 4 nitrogen and oxygen atoms in total. The average Bonchev–Trinajstić information content (AvgIpc) is 3.02. The molecule has 0 saturated heterocycles. The Bertz CT molecular complexity index is 415. The molecule has 1 N–H and O–H groups in total. The van der Waals surface area contributed by atoms with Crippen LogP contribution in [0.5, 0.6) is 0 Å². The molecule has 0 aliphatic carbocycles. The van der Waals surface area contributed by atoms with Crippen LogP contribution in [0.4, 0.5) is 0 Å². The van der Waals surface area contributed by atoms with Crippen LogP contribution in [0, 0.1) is 0 Å². The molecule has 0 aromatic carbocycles. The van der Waals surface area contributed by atoms with Crippen molar-refractivity contribution < 1.29 is 9.90 Å². The monoisotopic (exact) mass is 322 g/mol. The SMILES string of the molecule is CCCCCCCC(CCCCCCC)n1cc(C(=O)O)cn1. The summed E-state index contributed by atoms with van der Waals surface area (Å²) in [7, 11) is 0. The van der Waals surface area contributed by atoms with Crippen LogP contribution < -0.4 is 0 Å². The lowest BCUT2D eigenvalue weighted by molar-refractivity contribution is 0.0696. The second kappa shape index (κ2) is 12.1. The first-order valence-corrected chi connectivity index (χ1v) is 9.46. The Balaban J connectivity index is 2.47. The van der Waals surface area contributed by atoms with Crippen LogP contribution >= 0.6 is 0 Å². The van der Waals surface area contributed by atoms with Crippen molar-refractivity contribution in [1.29, 1.82) is 0 Å². The first-order chi connectivity index (χ1) is 11.2. The molecule has 0 spiro atoms. The molecular weight excluding hydrogens is 288 g/mol. The Morgan fingerprint density at radius 3 is 1.96 bits per heavy atom. The van der Waals surface area contributed by atoms with Gasteiger partial charge in [-0.05, 0) is 12.8 Å². The minimum absolute atomic E-state index is 0.298. The van der Waals surface area contributed by atoms with E-state index in [4.69, 9.17) is 5.11 Å². The fourth-order valence-corrected chi connectivity index (χ4v) is 3.02. The Morgan fingerprint density at radius 1 is 1.00 bits per heavy atom. The number of carboxylic acid groups (broad SMARTS) is 1. The van der Waals surface area contributed by atoms with Crippen molar-refractivity contribution in [2.45, 2.75) is 96.9 Å². The van der Waals surface area contributed by atoms with Gasteiger partial charge in [0.1, 0.15) is 0 Å². The molecule has 1 aromatic heterocycles. The molecule has 0 amide bonds. The largest absolute Gasteiger partial charge is 0.478 e. The fourth-order valence-electron chi connectivity index (χ4n) is 3.02. The van der Waals surface area contributed by atoms with E-state index in [1.807, 2.05) is 4.68 Å². The van der Waals surface area contributed by atoms with E-state index in [9.17, 15) is 4.79 Å². The third-order valence-corrected chi connectivity index (χ3v) is 4.50. The van der Waals surface area contributed by atoms with Crippen LogP contribution in [0.1, 0.15) is 107 Å². The maximum Gasteiger partial charge on any atom is 0.338 e. The number of aromatic nitrogens is 2. The number of carbonyl (C=O) groups is 1. The summed E-state index contributed by atoms with van der Waals surface area (Å²) in [5.74, 6) is -0.888. The number of carboxylic acids is 1. The van der Waals surface area contributed by atoms with E-state index in [2.05, 4.69) is 18.9 Å². The number of hydrogen-bond acceptors (Lipinski definition) is 2. The third kappa shape index (κ3) is 8.19. The second-order valence-electron chi connectivity index (χ2n) is 6.57. The van der Waals surface area contributed by atoms with Gasteiger partial charge in [0.2, 0.25) is 0 Å². The molecule has 0 fully saturated rings. The van der Waals surface area contributed by atoms with Crippen molar-refractivity contribution in [3.8, 4) is 0 Å². The highest BCUT2D eigenvalue weighted by molar-refractivity contribution is 5.86. The normalized spacial score (nSPS) is 11.3. The summed E-state index contributed by atoms with van der Waals surface area (Å²) in [5, 5.41) is 13.4. The molecule has 0 radical (unpaired) electrons. The summed E-state index contributed by atoms with van der Waals surface area (Å²) < 4.78 is 1.89. The van der Waals surface area contributed by atoms with Crippen molar-refractivity contribution in [2.75, 3.05) is 0 Å². The lowest BCUT2D eigenvalue weighted by atomic mass is 10.0. The standard InChI is InChI=1S/C19H34N2O2/c1-3-5-7-9-11-13-18(14-12-10-8-6-4-2)21-16-17(15-20-21)19(22)23/h15-16,18H,3-14H2,1-2H3,(H,22,23). The first-order valence-electron chi connectivity index (χ1n) is 9.46. The van der Waals surface area contributed by atoms with Crippen molar-refractivity contribution in [3.63, 3.8) is 0 Å². The Labute approximate surface area is 141 Å². The van der Waals surface area contributed by atoms with Crippen molar-refractivity contribution in [1.82, 2.24) is 9.78 Å². The van der Waals surface area contributed by atoms with Gasteiger partial charge in [-0.25, -0.2) is 4.79 Å². The topological polar surface area (TPSA) is 55.1 Å². The van der Waals surface area contributed by atoms with E-state index in [0.717, 1.165) is 12.8 Å². The summed E-state index contributed by atoms with van der Waals surface area (Å²) in [6.07, 6.45) is 18.1. The van der Waals surface area contributed by atoms with Gasteiger partial charge >= 0.3 is 5.97 Å². The molecule has 23 heavy (non-hydrogen) atoms. The molecule has 0 atom stereocenters. The molecule has 0 unspecified atom stereocenters. The summed E-state index contributed by atoms with van der Waals surface area (Å²) >= 11 is 0. The number of rotatable bonds is 14. The highest BCUT2D eigenvalue weighted by Gasteiger charge is 2.14. The Hall–Kier alpha value is -1.32. The van der Waals surface area contributed by atoms with E-state index in [1.165, 1.54) is 70.4 Å². The molecule has 0 saturated carbocycles. The number of aromatic carboxylic acids is 1. The molecule has 0 aliphatic heterocycles. The fraction of sp³-hybridized carbons (Fsp3) is 0.789. The average molecular weight is 322 g/mol. The first kappa shape index (κ1) is 19.7. The molecule has 1 heterocycles. The Morgan fingerprint density at radius 2 is 1.52 bits per heavy atom. The van der Waals surface area contributed by atoms with Gasteiger partial charge in [-0.3, -0.25) is 4.68 Å². The van der Waals surface area contributed by atoms with Gasteiger partial charge in [0.25, 0.3) is 0 Å². The molecule has 0 aliphatic rings. The molecule has 0 bridgehead atoms. The van der Waals surface area contributed by atoms with Gasteiger partial charge in [-0.1, -0.05) is 78.1 Å². The van der Waals surface area contributed by atoms with Crippen LogP contribution in [-0.4, -0.2) is 20.9 Å². The summed E-state index contributed by atoms with van der Waals surface area (Å²) in [6.45, 7) is 4.46. The smallest absolute Gasteiger partial charge is 0.338 e. The zero-order valence-corrected chi connectivity index (χ0v) is 15.0. The molecule has 1 rings (SSSR count). The molecule has 4 heteroatoms. The number of unbranched alkanes of at least 4 members (excludes halogenated alkanes) is 8. The summed E-state index contributed by atoms with van der Waals surface area (Å²) in [5.41, 5.74) is 0.298. The van der Waals surface area contributed by atoms with Crippen molar-refractivity contribution in [3.05, 3.63) is 18.0 Å². The van der Waals surface area contributed by atoms with Gasteiger partial charge < -0.3 is 5.11 Å². The van der Waals surface area contributed by atoms with Crippen LogP contribution in [0.15, 0.2) is 12.4 Å². The minimum Gasteiger partial charge on any atom is -0.478 e. The Kier molecular flexibility index (Phi) is 10.4. The lowest BCUT2D eigenvalue weighted by Crippen LogP contribution is -2.10. The van der Waals surface area contributed by atoms with Gasteiger partial charge in [-0.15, -0.1) is 0 Å². The van der Waals surface area contributed by atoms with E-state index in [0.29, 0.717) is 11.6 Å². The van der Waals surface area contributed by atoms with Crippen LogP contribution in [0.25, 0.3) is 0 Å². The van der Waals surface area contributed by atoms with Crippen LogP contribution in [0.2, 0.25) is 0 Å². The van der Waals surface area contributed by atoms with E-state index < -0.39 is 5.97 Å². The van der Waals surface area contributed by atoms with E-state index in [-0.39, 0.29) is 0 Å². The molecule has 132 valence electrons. The zero-order chi connectivity index (χ0) is 16.9. The summed E-state index contributed by atoms with van der Waals surface area (Å²) in [6, 6.07) is 0.353. The van der Waals surface area contributed by atoms with Gasteiger partial charge in [0, 0.05) is 6.20 Å². The molecule has 1 aromatic rings. The number of nitrogens with zero attached hydrogens (tertiary/aromatic N) is 2. The second-order valence-corrected chi connectivity index (χ2v) is 6.57. The van der Waals surface area contributed by atoms with E-state index in [1.54, 1.807) is 6.20 Å². The van der Waals surface area contributed by atoms with E-state index >= 15 is 0 Å². The molecular formula is C19H34N2O2. The van der Waals surface area contributed by atoms with Gasteiger partial charge in [0.15, 0.2) is 0 Å². The van der Waals surface area contributed by atoms with Gasteiger partial charge in [-0.2, -0.15) is 5.10 Å². The zero-order valence-electron chi connectivity index (χ0n) is 15.0. The van der Waals surface area contributed by atoms with Crippen molar-refractivity contribution >= 4 is 5.97 Å². The van der Waals surface area contributed by atoms with Crippen molar-refractivity contribution in [2.24, 2.45) is 0 Å². The maximum atomic E-state index is 11.0.